The number of sulfonamides is 1. The number of benzene rings is 3. The molecule has 0 aliphatic heterocycles. The molecule has 0 saturated carbocycles. The molecule has 3 rings (SSSR count). The lowest BCUT2D eigenvalue weighted by Gasteiger charge is -2.15. The van der Waals surface area contributed by atoms with E-state index in [1.54, 1.807) is 12.1 Å². The molecule has 0 aliphatic rings. The fourth-order valence-electron chi connectivity index (χ4n) is 3.22. The Kier molecular flexibility index (Phi) is 6.97. The van der Waals surface area contributed by atoms with Crippen LogP contribution in [0.15, 0.2) is 77.7 Å². The number of rotatable bonds is 8. The van der Waals surface area contributed by atoms with Crippen LogP contribution in [0.3, 0.4) is 0 Å². The molecule has 0 bridgehead atoms. The molecule has 1 amide bonds. The number of amides is 1. The third kappa shape index (κ3) is 6.33. The summed E-state index contributed by atoms with van der Waals surface area (Å²) in [5, 5.41) is 2.87. The third-order valence-corrected chi connectivity index (χ3v) is 6.05. The average molecular weight is 439 g/mol. The van der Waals surface area contributed by atoms with Crippen LogP contribution in [0.4, 0.5) is 5.69 Å². The van der Waals surface area contributed by atoms with Crippen molar-refractivity contribution in [3.8, 4) is 5.75 Å². The molecule has 0 spiro atoms. The Labute approximate surface area is 183 Å². The molecule has 31 heavy (non-hydrogen) atoms. The van der Waals surface area contributed by atoms with Gasteiger partial charge in [-0.3, -0.25) is 9.52 Å². The number of hydrogen-bond donors (Lipinski definition) is 2. The Balaban J connectivity index is 1.57. The van der Waals surface area contributed by atoms with E-state index in [9.17, 15) is 13.2 Å². The van der Waals surface area contributed by atoms with Crippen LogP contribution >= 0.6 is 0 Å². The molecule has 6 nitrogen and oxygen atoms in total. The molecule has 0 heterocycles. The Hall–Kier alpha value is -3.32. The molecule has 0 unspecified atom stereocenters. The van der Waals surface area contributed by atoms with Crippen LogP contribution in [-0.2, 0) is 14.8 Å². The van der Waals surface area contributed by atoms with Crippen molar-refractivity contribution in [1.29, 1.82) is 0 Å². The number of carbonyl (C=O) groups excluding carboxylic acids is 1. The van der Waals surface area contributed by atoms with Crippen molar-refractivity contribution >= 4 is 21.6 Å². The molecule has 0 radical (unpaired) electrons. The monoisotopic (exact) mass is 438 g/mol. The Morgan fingerprint density at radius 3 is 2.16 bits per heavy atom. The van der Waals surface area contributed by atoms with Gasteiger partial charge in [0.2, 0.25) is 0 Å². The molecule has 3 aromatic carbocycles. The van der Waals surface area contributed by atoms with Gasteiger partial charge >= 0.3 is 0 Å². The molecule has 3 aromatic rings. The molecule has 2 N–H and O–H groups in total. The minimum absolute atomic E-state index is 0.112. The molecule has 1 atom stereocenters. The standard InChI is InChI=1S/C24H26N2O4S/c1-17-13-18(2)15-21(14-17)26-31(28,29)23-11-9-22(10-12-23)30-16-24(27)25-19(3)20-7-5-4-6-8-20/h4-15,19,26H,16H2,1-3H3,(H,25,27)/t19-/m0/s1. The van der Waals surface area contributed by atoms with Crippen molar-refractivity contribution in [2.75, 3.05) is 11.3 Å². The van der Waals surface area contributed by atoms with E-state index in [-0.39, 0.29) is 23.5 Å². The SMILES string of the molecule is Cc1cc(C)cc(NS(=O)(=O)c2ccc(OCC(=O)N[C@@H](C)c3ccccc3)cc2)c1. The number of carbonyl (C=O) groups is 1. The minimum Gasteiger partial charge on any atom is -0.484 e. The zero-order valence-corrected chi connectivity index (χ0v) is 18.6. The van der Waals surface area contributed by atoms with E-state index < -0.39 is 10.0 Å². The molecule has 0 aromatic heterocycles. The number of aryl methyl sites for hydroxylation is 2. The van der Waals surface area contributed by atoms with Gasteiger partial charge in [-0.05, 0) is 73.9 Å². The van der Waals surface area contributed by atoms with Crippen molar-refractivity contribution in [2.24, 2.45) is 0 Å². The lowest BCUT2D eigenvalue weighted by atomic mass is 10.1. The largest absolute Gasteiger partial charge is 0.484 e. The van der Waals surface area contributed by atoms with Gasteiger partial charge in [0.05, 0.1) is 10.9 Å². The quantitative estimate of drug-likeness (QED) is 0.547. The highest BCUT2D eigenvalue weighted by atomic mass is 32.2. The zero-order chi connectivity index (χ0) is 22.4. The van der Waals surface area contributed by atoms with Crippen molar-refractivity contribution < 1.29 is 17.9 Å². The van der Waals surface area contributed by atoms with Gasteiger partial charge in [0, 0.05) is 5.69 Å². The van der Waals surface area contributed by atoms with E-state index in [0.717, 1.165) is 16.7 Å². The topological polar surface area (TPSA) is 84.5 Å². The van der Waals surface area contributed by atoms with Crippen molar-refractivity contribution in [3.05, 3.63) is 89.5 Å². The predicted octanol–water partition coefficient (Wildman–Crippen LogP) is 4.36. The second kappa shape index (κ2) is 9.66. The van der Waals surface area contributed by atoms with Crippen LogP contribution in [0.1, 0.15) is 29.7 Å². The summed E-state index contributed by atoms with van der Waals surface area (Å²) in [5.41, 5.74) is 3.46. The van der Waals surface area contributed by atoms with Crippen LogP contribution in [0, 0.1) is 13.8 Å². The first-order valence-corrected chi connectivity index (χ1v) is 11.4. The predicted molar refractivity (Wildman–Crippen MR) is 122 cm³/mol. The second-order valence-corrected chi connectivity index (χ2v) is 9.12. The number of nitrogens with one attached hydrogen (secondary N) is 2. The summed E-state index contributed by atoms with van der Waals surface area (Å²) < 4.78 is 33.4. The van der Waals surface area contributed by atoms with Crippen LogP contribution in [0.5, 0.6) is 5.75 Å². The molecule has 162 valence electrons. The van der Waals surface area contributed by atoms with Gasteiger partial charge in [-0.25, -0.2) is 8.42 Å². The van der Waals surface area contributed by atoms with E-state index in [2.05, 4.69) is 10.0 Å². The Morgan fingerprint density at radius 1 is 0.935 bits per heavy atom. The van der Waals surface area contributed by atoms with Crippen LogP contribution in [0.2, 0.25) is 0 Å². The van der Waals surface area contributed by atoms with E-state index in [1.165, 1.54) is 24.3 Å². The fraction of sp³-hybridized carbons (Fsp3) is 0.208. The highest BCUT2D eigenvalue weighted by Gasteiger charge is 2.15. The van der Waals surface area contributed by atoms with Crippen LogP contribution < -0.4 is 14.8 Å². The third-order valence-electron chi connectivity index (χ3n) is 4.65. The van der Waals surface area contributed by atoms with E-state index in [1.807, 2.05) is 57.2 Å². The summed E-state index contributed by atoms with van der Waals surface area (Å²) in [6.07, 6.45) is 0. The normalized spacial score (nSPS) is 12.1. The lowest BCUT2D eigenvalue weighted by Crippen LogP contribution is -2.31. The average Bonchev–Trinajstić information content (AvgIpc) is 2.72. The van der Waals surface area contributed by atoms with E-state index in [4.69, 9.17) is 4.74 Å². The van der Waals surface area contributed by atoms with Gasteiger partial charge < -0.3 is 10.1 Å². The van der Waals surface area contributed by atoms with Gasteiger partial charge in [0.1, 0.15) is 5.75 Å². The molecular weight excluding hydrogens is 412 g/mol. The molecule has 0 fully saturated rings. The summed E-state index contributed by atoms with van der Waals surface area (Å²) in [6.45, 7) is 5.56. The maximum atomic E-state index is 12.6. The summed E-state index contributed by atoms with van der Waals surface area (Å²) in [5.74, 6) is 0.150. The first kappa shape index (κ1) is 22.4. The van der Waals surface area contributed by atoms with E-state index >= 15 is 0 Å². The first-order chi connectivity index (χ1) is 14.7. The zero-order valence-electron chi connectivity index (χ0n) is 17.8. The van der Waals surface area contributed by atoms with E-state index in [0.29, 0.717) is 11.4 Å². The summed E-state index contributed by atoms with van der Waals surface area (Å²) in [7, 11) is -3.73. The summed E-state index contributed by atoms with van der Waals surface area (Å²) in [4.78, 5) is 12.3. The number of hydrogen-bond acceptors (Lipinski definition) is 4. The smallest absolute Gasteiger partial charge is 0.261 e. The summed E-state index contributed by atoms with van der Waals surface area (Å²) >= 11 is 0. The minimum atomic E-state index is -3.73. The molecule has 7 heteroatoms. The van der Waals surface area contributed by atoms with Gasteiger partial charge in [-0.15, -0.1) is 0 Å². The maximum Gasteiger partial charge on any atom is 0.261 e. The lowest BCUT2D eigenvalue weighted by molar-refractivity contribution is -0.123. The summed E-state index contributed by atoms with van der Waals surface area (Å²) in [6, 6.07) is 21.0. The van der Waals surface area contributed by atoms with Gasteiger partial charge in [-0.2, -0.15) is 0 Å². The number of anilines is 1. The highest BCUT2D eigenvalue weighted by molar-refractivity contribution is 7.92. The van der Waals surface area contributed by atoms with Crippen molar-refractivity contribution in [1.82, 2.24) is 5.32 Å². The van der Waals surface area contributed by atoms with Crippen LogP contribution in [0.25, 0.3) is 0 Å². The Bertz CT molecular complexity index is 1120. The fourth-order valence-corrected chi connectivity index (χ4v) is 4.26. The van der Waals surface area contributed by atoms with Gasteiger partial charge in [-0.1, -0.05) is 36.4 Å². The second-order valence-electron chi connectivity index (χ2n) is 7.44. The highest BCUT2D eigenvalue weighted by Crippen LogP contribution is 2.21. The van der Waals surface area contributed by atoms with Crippen molar-refractivity contribution in [2.45, 2.75) is 31.7 Å². The Morgan fingerprint density at radius 2 is 1.55 bits per heavy atom. The number of ether oxygens (including phenoxy) is 1. The van der Waals surface area contributed by atoms with Gasteiger partial charge in [0.25, 0.3) is 15.9 Å². The molecule has 0 saturated heterocycles. The van der Waals surface area contributed by atoms with Crippen LogP contribution in [-0.4, -0.2) is 20.9 Å². The first-order valence-electron chi connectivity index (χ1n) is 9.91. The molecule has 0 aliphatic carbocycles. The molecular formula is C24H26N2O4S. The van der Waals surface area contributed by atoms with Crippen molar-refractivity contribution in [3.63, 3.8) is 0 Å². The van der Waals surface area contributed by atoms with Gasteiger partial charge in [0.15, 0.2) is 6.61 Å². The maximum absolute atomic E-state index is 12.6.